The second kappa shape index (κ2) is 6.34. The summed E-state index contributed by atoms with van der Waals surface area (Å²) in [6.45, 7) is 2.97. The summed E-state index contributed by atoms with van der Waals surface area (Å²) in [4.78, 5) is 0. The van der Waals surface area contributed by atoms with Crippen LogP contribution in [0.2, 0.25) is 0 Å². The van der Waals surface area contributed by atoms with Gasteiger partial charge in [0.15, 0.2) is 0 Å². The topological polar surface area (TPSA) is 72.2 Å². The van der Waals surface area contributed by atoms with Crippen molar-refractivity contribution in [1.82, 2.24) is 4.72 Å². The molecule has 0 aromatic carbocycles. The van der Waals surface area contributed by atoms with Crippen LogP contribution in [0.15, 0.2) is 15.7 Å². The highest BCUT2D eigenvalue weighted by atomic mass is 32.2. The number of nitrogens with two attached hydrogens (primary N) is 1. The Hall–Kier alpha value is -0.430. The van der Waals surface area contributed by atoms with Gasteiger partial charge in [-0.3, -0.25) is 0 Å². The molecule has 0 unspecified atom stereocenters. The maximum atomic E-state index is 11.8. The van der Waals surface area contributed by atoms with Crippen molar-refractivity contribution in [3.63, 3.8) is 0 Å². The van der Waals surface area contributed by atoms with E-state index in [2.05, 4.69) is 11.6 Å². The van der Waals surface area contributed by atoms with E-state index in [0.29, 0.717) is 17.3 Å². The smallest absolute Gasteiger partial charge is 0.250 e. The van der Waals surface area contributed by atoms with E-state index < -0.39 is 10.0 Å². The maximum absolute atomic E-state index is 11.8. The average molecular weight is 262 g/mol. The van der Waals surface area contributed by atoms with Crippen molar-refractivity contribution in [2.24, 2.45) is 5.73 Å². The van der Waals surface area contributed by atoms with E-state index in [-0.39, 0.29) is 0 Å². The zero-order valence-corrected chi connectivity index (χ0v) is 11.0. The van der Waals surface area contributed by atoms with Crippen LogP contribution in [0, 0.1) is 0 Å². The van der Waals surface area contributed by atoms with E-state index in [1.807, 2.05) is 0 Å². The third-order valence-electron chi connectivity index (χ3n) is 2.20. The molecule has 0 radical (unpaired) electrons. The lowest BCUT2D eigenvalue weighted by Crippen LogP contribution is -2.23. The number of unbranched alkanes of at least 4 members (excludes halogenated alkanes) is 2. The van der Waals surface area contributed by atoms with Gasteiger partial charge in [-0.1, -0.05) is 19.8 Å². The Balaban J connectivity index is 2.56. The Bertz CT molecular complexity index is 412. The van der Waals surface area contributed by atoms with Gasteiger partial charge in [-0.05, 0) is 23.4 Å². The van der Waals surface area contributed by atoms with E-state index in [1.165, 1.54) is 11.3 Å². The number of rotatable bonds is 7. The standard InChI is InChI=1S/C10H18N2O2S2/c1-2-3-4-5-12-16(13,14)10-6-9(7-11)8-15-10/h6,8,12H,2-5,7,11H2,1H3. The van der Waals surface area contributed by atoms with E-state index in [4.69, 9.17) is 5.73 Å². The van der Waals surface area contributed by atoms with Crippen molar-refractivity contribution in [2.75, 3.05) is 6.54 Å². The van der Waals surface area contributed by atoms with Gasteiger partial charge in [0, 0.05) is 13.1 Å². The summed E-state index contributed by atoms with van der Waals surface area (Å²) in [6.07, 6.45) is 3.00. The Morgan fingerprint density at radius 2 is 2.19 bits per heavy atom. The Labute approximate surface area is 101 Å². The van der Waals surface area contributed by atoms with Crippen molar-refractivity contribution < 1.29 is 8.42 Å². The van der Waals surface area contributed by atoms with Crippen molar-refractivity contribution in [3.8, 4) is 0 Å². The highest BCUT2D eigenvalue weighted by Gasteiger charge is 2.15. The van der Waals surface area contributed by atoms with Gasteiger partial charge in [0.2, 0.25) is 10.0 Å². The Morgan fingerprint density at radius 3 is 2.75 bits per heavy atom. The molecule has 16 heavy (non-hydrogen) atoms. The van der Waals surface area contributed by atoms with Gasteiger partial charge in [0.05, 0.1) is 0 Å². The van der Waals surface area contributed by atoms with Crippen LogP contribution in [0.4, 0.5) is 0 Å². The third kappa shape index (κ3) is 3.86. The molecule has 0 atom stereocenters. The molecule has 0 spiro atoms. The van der Waals surface area contributed by atoms with Crippen molar-refractivity contribution in [3.05, 3.63) is 17.0 Å². The first-order chi connectivity index (χ1) is 7.60. The first-order valence-electron chi connectivity index (χ1n) is 5.37. The summed E-state index contributed by atoms with van der Waals surface area (Å²) in [5, 5.41) is 1.78. The molecule has 0 amide bonds. The molecule has 1 aromatic rings. The molecule has 92 valence electrons. The number of sulfonamides is 1. The van der Waals surface area contributed by atoms with Gasteiger partial charge in [0.1, 0.15) is 4.21 Å². The highest BCUT2D eigenvalue weighted by Crippen LogP contribution is 2.19. The monoisotopic (exact) mass is 262 g/mol. The summed E-state index contributed by atoms with van der Waals surface area (Å²) in [7, 11) is -3.32. The minimum Gasteiger partial charge on any atom is -0.326 e. The second-order valence-corrected chi connectivity index (χ2v) is 6.49. The largest absolute Gasteiger partial charge is 0.326 e. The lowest BCUT2D eigenvalue weighted by Gasteiger charge is -2.03. The van der Waals surface area contributed by atoms with Crippen molar-refractivity contribution >= 4 is 21.4 Å². The summed E-state index contributed by atoms with van der Waals surface area (Å²) < 4.78 is 26.5. The third-order valence-corrected chi connectivity index (χ3v) is 5.15. The van der Waals surface area contributed by atoms with Crippen LogP contribution in [0.25, 0.3) is 0 Å². The van der Waals surface area contributed by atoms with E-state index in [1.54, 1.807) is 11.4 Å². The van der Waals surface area contributed by atoms with E-state index in [9.17, 15) is 8.42 Å². The summed E-state index contributed by atoms with van der Waals surface area (Å²) in [5.74, 6) is 0. The van der Waals surface area contributed by atoms with Gasteiger partial charge in [-0.25, -0.2) is 13.1 Å². The zero-order valence-electron chi connectivity index (χ0n) is 9.40. The molecule has 0 fully saturated rings. The SMILES string of the molecule is CCCCCNS(=O)(=O)c1cc(CN)cs1. The highest BCUT2D eigenvalue weighted by molar-refractivity contribution is 7.91. The van der Waals surface area contributed by atoms with Crippen molar-refractivity contribution in [1.29, 1.82) is 0 Å². The number of hydrogen-bond donors (Lipinski definition) is 2. The first-order valence-corrected chi connectivity index (χ1v) is 7.73. The van der Waals surface area contributed by atoms with Crippen LogP contribution in [-0.2, 0) is 16.6 Å². The minimum atomic E-state index is -3.32. The van der Waals surface area contributed by atoms with Gasteiger partial charge < -0.3 is 5.73 Å². The van der Waals surface area contributed by atoms with E-state index in [0.717, 1.165) is 24.8 Å². The molecule has 0 aliphatic heterocycles. The van der Waals surface area contributed by atoms with Gasteiger partial charge in [-0.2, -0.15) is 0 Å². The van der Waals surface area contributed by atoms with Crippen LogP contribution < -0.4 is 10.5 Å². The van der Waals surface area contributed by atoms with Gasteiger partial charge in [0.25, 0.3) is 0 Å². The predicted octanol–water partition coefficient (Wildman–Crippen LogP) is 1.68. The van der Waals surface area contributed by atoms with Crippen LogP contribution in [0.3, 0.4) is 0 Å². The number of thiophene rings is 1. The fraction of sp³-hybridized carbons (Fsp3) is 0.600. The summed E-state index contributed by atoms with van der Waals surface area (Å²) in [6, 6.07) is 1.63. The molecule has 0 saturated heterocycles. The van der Waals surface area contributed by atoms with Crippen molar-refractivity contribution in [2.45, 2.75) is 36.9 Å². The molecular weight excluding hydrogens is 244 g/mol. The lowest BCUT2D eigenvalue weighted by atomic mass is 10.3. The molecule has 1 aromatic heterocycles. The summed E-state index contributed by atoms with van der Waals surface area (Å²) in [5.41, 5.74) is 6.30. The van der Waals surface area contributed by atoms with Crippen LogP contribution in [0.5, 0.6) is 0 Å². The fourth-order valence-corrected chi connectivity index (χ4v) is 3.59. The van der Waals surface area contributed by atoms with E-state index >= 15 is 0 Å². The summed E-state index contributed by atoms with van der Waals surface area (Å²) >= 11 is 1.21. The molecule has 3 N–H and O–H groups in total. The van der Waals surface area contributed by atoms with Gasteiger partial charge >= 0.3 is 0 Å². The van der Waals surface area contributed by atoms with Gasteiger partial charge in [-0.15, -0.1) is 11.3 Å². The number of hydrogen-bond acceptors (Lipinski definition) is 4. The Morgan fingerprint density at radius 1 is 1.44 bits per heavy atom. The van der Waals surface area contributed by atoms with Crippen LogP contribution >= 0.6 is 11.3 Å². The zero-order chi connectivity index (χ0) is 12.0. The molecular formula is C10H18N2O2S2. The molecule has 0 aliphatic rings. The maximum Gasteiger partial charge on any atom is 0.250 e. The number of nitrogens with one attached hydrogen (secondary N) is 1. The van der Waals surface area contributed by atoms with Crippen LogP contribution in [0.1, 0.15) is 31.7 Å². The molecule has 1 rings (SSSR count). The molecule has 0 bridgehead atoms. The first kappa shape index (κ1) is 13.6. The molecule has 1 heterocycles. The second-order valence-electron chi connectivity index (χ2n) is 3.58. The normalized spacial score (nSPS) is 11.9. The minimum absolute atomic E-state index is 0.351. The molecule has 6 heteroatoms. The molecule has 0 aliphatic carbocycles. The van der Waals surface area contributed by atoms with Crippen LogP contribution in [-0.4, -0.2) is 15.0 Å². The average Bonchev–Trinajstić information content (AvgIpc) is 2.73. The Kier molecular flexibility index (Phi) is 5.40. The predicted molar refractivity (Wildman–Crippen MR) is 66.9 cm³/mol. The molecule has 0 saturated carbocycles. The molecule has 4 nitrogen and oxygen atoms in total. The lowest BCUT2D eigenvalue weighted by molar-refractivity contribution is 0.578. The quantitative estimate of drug-likeness (QED) is 0.734. The fourth-order valence-electron chi connectivity index (χ4n) is 1.25.